The van der Waals surface area contributed by atoms with E-state index in [9.17, 15) is 9.18 Å². The molecule has 0 bridgehead atoms. The first-order valence-electron chi connectivity index (χ1n) is 3.77. The predicted octanol–water partition coefficient (Wildman–Crippen LogP) is 1.18. The Morgan fingerprint density at radius 1 is 1.85 bits per heavy atom. The average Bonchev–Trinajstić information content (AvgIpc) is 2.47. The number of hydrogen-bond donors (Lipinski definition) is 1. The molecule has 0 aromatic carbocycles. The zero-order valence-electron chi connectivity index (χ0n) is 7.13. The van der Waals surface area contributed by atoms with E-state index in [-0.39, 0.29) is 6.54 Å². The van der Waals surface area contributed by atoms with Gasteiger partial charge in [0, 0.05) is 18.9 Å². The Labute approximate surface area is 80.5 Å². The molecule has 0 fully saturated rings. The lowest BCUT2D eigenvalue weighted by Gasteiger charge is -2.05. The molecule has 72 valence electrons. The lowest BCUT2D eigenvalue weighted by molar-refractivity contribution is -0.123. The van der Waals surface area contributed by atoms with Crippen LogP contribution >= 0.6 is 11.6 Å². The second kappa shape index (κ2) is 4.28. The molecule has 3 nitrogen and oxygen atoms in total. The third-order valence-electron chi connectivity index (χ3n) is 1.69. The minimum atomic E-state index is -1.97. The fourth-order valence-corrected chi connectivity index (χ4v) is 1.01. The van der Waals surface area contributed by atoms with E-state index in [2.05, 4.69) is 5.32 Å². The average molecular weight is 205 g/mol. The van der Waals surface area contributed by atoms with Crippen LogP contribution in [0.1, 0.15) is 5.69 Å². The Morgan fingerprint density at radius 2 is 2.54 bits per heavy atom. The summed E-state index contributed by atoms with van der Waals surface area (Å²) in [6, 6.07) is 3.68. The molecular formula is C8H10ClFN2O. The molecule has 0 aliphatic carbocycles. The summed E-state index contributed by atoms with van der Waals surface area (Å²) in [5, 5.41) is 2.36. The first-order chi connectivity index (χ1) is 6.11. The van der Waals surface area contributed by atoms with Crippen LogP contribution in [0.2, 0.25) is 0 Å². The quantitative estimate of drug-likeness (QED) is 0.737. The van der Waals surface area contributed by atoms with Gasteiger partial charge in [-0.1, -0.05) is 11.6 Å². The number of carbonyl (C=O) groups excluding carboxylic acids is 1. The van der Waals surface area contributed by atoms with E-state index in [4.69, 9.17) is 11.6 Å². The van der Waals surface area contributed by atoms with Gasteiger partial charge in [0.15, 0.2) is 0 Å². The van der Waals surface area contributed by atoms with E-state index in [1.54, 1.807) is 0 Å². The summed E-state index contributed by atoms with van der Waals surface area (Å²) in [5.41, 5.74) is -1.08. The van der Waals surface area contributed by atoms with Gasteiger partial charge in [-0.25, -0.2) is 4.39 Å². The van der Waals surface area contributed by atoms with Gasteiger partial charge in [0.05, 0.1) is 6.54 Å². The fourth-order valence-electron chi connectivity index (χ4n) is 0.935. The van der Waals surface area contributed by atoms with Gasteiger partial charge in [0.2, 0.25) is 0 Å². The van der Waals surface area contributed by atoms with Crippen LogP contribution < -0.4 is 5.32 Å². The number of halogens is 2. The molecule has 1 N–H and O–H groups in total. The van der Waals surface area contributed by atoms with Crippen LogP contribution in [-0.4, -0.2) is 16.1 Å². The molecule has 1 atom stereocenters. The molecule has 13 heavy (non-hydrogen) atoms. The van der Waals surface area contributed by atoms with Crippen molar-refractivity contribution in [3.63, 3.8) is 0 Å². The van der Waals surface area contributed by atoms with Gasteiger partial charge in [-0.05, 0) is 12.1 Å². The summed E-state index contributed by atoms with van der Waals surface area (Å²) in [5.74, 6) is -0.803. The van der Waals surface area contributed by atoms with Crippen molar-refractivity contribution in [2.75, 3.05) is 0 Å². The monoisotopic (exact) mass is 204 g/mol. The van der Waals surface area contributed by atoms with E-state index in [0.717, 1.165) is 5.69 Å². The lowest BCUT2D eigenvalue weighted by atomic mass is 10.4. The Balaban J connectivity index is 2.44. The Hall–Kier alpha value is -1.03. The molecule has 1 amide bonds. The first kappa shape index (κ1) is 10.1. The summed E-state index contributed by atoms with van der Waals surface area (Å²) in [7, 11) is 1.84. The number of rotatable bonds is 3. The SMILES string of the molecule is Cn1cccc1CNC(=O)C(F)Cl. The van der Waals surface area contributed by atoms with Gasteiger partial charge in [0.1, 0.15) is 0 Å². The molecular weight excluding hydrogens is 195 g/mol. The molecule has 0 aliphatic rings. The van der Waals surface area contributed by atoms with Crippen LogP contribution in [0.15, 0.2) is 18.3 Å². The minimum absolute atomic E-state index is 0.287. The molecule has 5 heteroatoms. The highest BCUT2D eigenvalue weighted by molar-refractivity contribution is 6.29. The highest BCUT2D eigenvalue weighted by atomic mass is 35.5. The number of carbonyl (C=O) groups is 1. The number of nitrogens with zero attached hydrogens (tertiary/aromatic N) is 1. The van der Waals surface area contributed by atoms with Crippen LogP contribution in [-0.2, 0) is 18.4 Å². The number of aromatic nitrogens is 1. The second-order valence-electron chi connectivity index (χ2n) is 2.63. The highest BCUT2D eigenvalue weighted by Crippen LogP contribution is 2.00. The smallest absolute Gasteiger partial charge is 0.270 e. The molecule has 0 radical (unpaired) electrons. The van der Waals surface area contributed by atoms with Crippen molar-refractivity contribution in [2.45, 2.75) is 12.2 Å². The maximum absolute atomic E-state index is 12.2. The molecule has 1 rings (SSSR count). The zero-order valence-corrected chi connectivity index (χ0v) is 7.88. The Morgan fingerprint density at radius 3 is 3.00 bits per heavy atom. The third kappa shape index (κ3) is 2.73. The summed E-state index contributed by atoms with van der Waals surface area (Å²) >= 11 is 4.92. The molecule has 0 aliphatic heterocycles. The lowest BCUT2D eigenvalue weighted by Crippen LogP contribution is -2.29. The molecule has 1 aromatic heterocycles. The van der Waals surface area contributed by atoms with Crippen LogP contribution in [0.4, 0.5) is 4.39 Å². The zero-order chi connectivity index (χ0) is 9.84. The topological polar surface area (TPSA) is 34.0 Å². The van der Waals surface area contributed by atoms with E-state index >= 15 is 0 Å². The molecule has 1 unspecified atom stereocenters. The molecule has 0 saturated heterocycles. The Kier molecular flexibility index (Phi) is 3.31. The number of hydrogen-bond acceptors (Lipinski definition) is 1. The van der Waals surface area contributed by atoms with Gasteiger partial charge in [-0.2, -0.15) is 0 Å². The number of alkyl halides is 2. The van der Waals surface area contributed by atoms with Crippen molar-refractivity contribution in [1.82, 2.24) is 9.88 Å². The van der Waals surface area contributed by atoms with Crippen LogP contribution in [0.5, 0.6) is 0 Å². The van der Waals surface area contributed by atoms with Gasteiger partial charge in [0.25, 0.3) is 11.5 Å². The van der Waals surface area contributed by atoms with Gasteiger partial charge in [-0.3, -0.25) is 4.79 Å². The largest absolute Gasteiger partial charge is 0.353 e. The van der Waals surface area contributed by atoms with Crippen molar-refractivity contribution < 1.29 is 9.18 Å². The molecule has 0 saturated carbocycles. The van der Waals surface area contributed by atoms with Crippen LogP contribution in [0.3, 0.4) is 0 Å². The Bertz CT molecular complexity index is 298. The molecule has 1 heterocycles. The van der Waals surface area contributed by atoms with E-state index in [0.29, 0.717) is 0 Å². The summed E-state index contributed by atoms with van der Waals surface area (Å²) in [6.45, 7) is 0.287. The molecule has 0 spiro atoms. The van der Waals surface area contributed by atoms with Crippen molar-refractivity contribution in [3.8, 4) is 0 Å². The second-order valence-corrected chi connectivity index (χ2v) is 3.01. The van der Waals surface area contributed by atoms with E-state index in [1.807, 2.05) is 29.9 Å². The number of amides is 1. The van der Waals surface area contributed by atoms with Crippen molar-refractivity contribution >= 4 is 17.5 Å². The summed E-state index contributed by atoms with van der Waals surface area (Å²) in [6.07, 6.45) is 1.84. The van der Waals surface area contributed by atoms with E-state index in [1.165, 1.54) is 0 Å². The summed E-state index contributed by atoms with van der Waals surface area (Å²) < 4.78 is 14.0. The fraction of sp³-hybridized carbons (Fsp3) is 0.375. The molecule has 1 aromatic rings. The van der Waals surface area contributed by atoms with Crippen molar-refractivity contribution in [1.29, 1.82) is 0 Å². The first-order valence-corrected chi connectivity index (χ1v) is 4.21. The maximum Gasteiger partial charge on any atom is 0.270 e. The van der Waals surface area contributed by atoms with Crippen LogP contribution in [0, 0.1) is 0 Å². The summed E-state index contributed by atoms with van der Waals surface area (Å²) in [4.78, 5) is 10.7. The van der Waals surface area contributed by atoms with Crippen LogP contribution in [0.25, 0.3) is 0 Å². The minimum Gasteiger partial charge on any atom is -0.353 e. The predicted molar refractivity (Wildman–Crippen MR) is 48.0 cm³/mol. The standard InChI is InChI=1S/C8H10ClFN2O/c1-12-4-2-3-6(12)5-11-8(13)7(9)10/h2-4,7H,5H2,1H3,(H,11,13). The normalized spacial score (nSPS) is 12.5. The van der Waals surface area contributed by atoms with Gasteiger partial charge >= 0.3 is 0 Å². The third-order valence-corrected chi connectivity index (χ3v) is 1.89. The van der Waals surface area contributed by atoms with Gasteiger partial charge < -0.3 is 9.88 Å². The number of nitrogens with one attached hydrogen (secondary N) is 1. The highest BCUT2D eigenvalue weighted by Gasteiger charge is 2.12. The van der Waals surface area contributed by atoms with Crippen molar-refractivity contribution in [2.24, 2.45) is 7.05 Å². The maximum atomic E-state index is 12.2. The number of aryl methyl sites for hydroxylation is 1. The van der Waals surface area contributed by atoms with E-state index < -0.39 is 11.5 Å². The van der Waals surface area contributed by atoms with Gasteiger partial charge in [-0.15, -0.1) is 0 Å². The van der Waals surface area contributed by atoms with Crippen molar-refractivity contribution in [3.05, 3.63) is 24.0 Å².